The monoisotopic (exact) mass is 271 g/mol. The second kappa shape index (κ2) is 7.34. The third-order valence-corrected chi connectivity index (χ3v) is 2.94. The maximum atomic E-state index is 11.7. The molecular weight excluding hydrogens is 250 g/mol. The fourth-order valence-corrected chi connectivity index (χ4v) is 2.03. The minimum atomic E-state index is -0.343. The first-order valence-corrected chi connectivity index (χ1v) is 6.72. The lowest BCUT2D eigenvalue weighted by molar-refractivity contribution is -0.117. The molecule has 0 radical (unpaired) electrons. The van der Waals surface area contributed by atoms with Crippen LogP contribution in [-0.4, -0.2) is 12.5 Å². The van der Waals surface area contributed by atoms with Gasteiger partial charge >= 0.3 is 0 Å². The molecule has 2 N–H and O–H groups in total. The summed E-state index contributed by atoms with van der Waals surface area (Å²) in [6.07, 6.45) is 2.31. The van der Waals surface area contributed by atoms with E-state index < -0.39 is 0 Å². The van der Waals surface area contributed by atoms with Crippen molar-refractivity contribution in [3.63, 3.8) is 0 Å². The predicted octanol–water partition coefficient (Wildman–Crippen LogP) is 2.96. The minimum Gasteiger partial charge on any atom is -0.360 e. The lowest BCUT2D eigenvalue weighted by atomic mass is 10.1. The summed E-state index contributed by atoms with van der Waals surface area (Å²) in [5.74, 6) is -0.343. The molecular formula is C16H21N3O. The average Bonchev–Trinajstić information content (AvgIpc) is 2.39. The zero-order chi connectivity index (χ0) is 15.1. The first-order chi connectivity index (χ1) is 9.49. The quantitative estimate of drug-likeness (QED) is 0.639. The Balaban J connectivity index is 2.90. The molecule has 0 aromatic heterocycles. The summed E-state index contributed by atoms with van der Waals surface area (Å²) in [6, 6.07) is 6.04. The molecule has 0 aliphatic carbocycles. The molecule has 1 aromatic carbocycles. The number of benzene rings is 1. The molecule has 1 rings (SSSR count). The van der Waals surface area contributed by atoms with E-state index in [9.17, 15) is 4.79 Å². The van der Waals surface area contributed by atoms with Gasteiger partial charge in [-0.3, -0.25) is 4.79 Å². The van der Waals surface area contributed by atoms with Gasteiger partial charge in [-0.15, -0.1) is 0 Å². The number of aryl methyl sites for hydroxylation is 3. The van der Waals surface area contributed by atoms with Crippen molar-refractivity contribution in [1.82, 2.24) is 5.32 Å². The number of nitrogens with one attached hydrogen (secondary N) is 2. The van der Waals surface area contributed by atoms with Gasteiger partial charge in [0, 0.05) is 18.4 Å². The van der Waals surface area contributed by atoms with Gasteiger partial charge < -0.3 is 10.6 Å². The van der Waals surface area contributed by atoms with Crippen molar-refractivity contribution in [3.05, 3.63) is 40.6 Å². The number of amides is 1. The van der Waals surface area contributed by atoms with Crippen LogP contribution in [0.25, 0.3) is 0 Å². The molecule has 0 saturated heterocycles. The number of carbonyl (C=O) groups excluding carboxylic acids is 1. The number of carbonyl (C=O) groups is 1. The van der Waals surface area contributed by atoms with Crippen LogP contribution in [0.4, 0.5) is 5.69 Å². The molecule has 4 heteroatoms. The summed E-state index contributed by atoms with van der Waals surface area (Å²) in [5.41, 5.74) is 4.38. The molecule has 0 fully saturated rings. The van der Waals surface area contributed by atoms with E-state index in [2.05, 4.69) is 22.8 Å². The van der Waals surface area contributed by atoms with Crippen molar-refractivity contribution in [1.29, 1.82) is 5.26 Å². The Morgan fingerprint density at radius 2 is 1.90 bits per heavy atom. The molecule has 106 valence electrons. The van der Waals surface area contributed by atoms with Gasteiger partial charge in [0.1, 0.15) is 11.6 Å². The molecule has 0 unspecified atom stereocenters. The highest BCUT2D eigenvalue weighted by Crippen LogP contribution is 2.22. The van der Waals surface area contributed by atoms with Gasteiger partial charge in [0.15, 0.2) is 0 Å². The molecule has 0 spiro atoms. The van der Waals surface area contributed by atoms with Crippen molar-refractivity contribution in [2.24, 2.45) is 0 Å². The van der Waals surface area contributed by atoms with Crippen molar-refractivity contribution in [2.45, 2.75) is 34.1 Å². The van der Waals surface area contributed by atoms with Crippen molar-refractivity contribution in [3.8, 4) is 6.07 Å². The topological polar surface area (TPSA) is 64.9 Å². The molecule has 0 heterocycles. The SMILES string of the molecule is CCCNC(=O)/C(C#N)=C\Nc1c(C)cc(C)cc1C. The Morgan fingerprint density at radius 1 is 1.30 bits per heavy atom. The number of rotatable bonds is 5. The first-order valence-electron chi connectivity index (χ1n) is 6.72. The first kappa shape index (κ1) is 15.8. The Kier molecular flexibility index (Phi) is 5.79. The van der Waals surface area contributed by atoms with Crippen LogP contribution < -0.4 is 10.6 Å². The van der Waals surface area contributed by atoms with Crippen LogP contribution in [0.1, 0.15) is 30.0 Å². The van der Waals surface area contributed by atoms with E-state index in [0.717, 1.165) is 23.2 Å². The molecule has 20 heavy (non-hydrogen) atoms. The standard InChI is InChI=1S/C16H21N3O/c1-5-6-18-16(20)14(9-17)10-19-15-12(3)7-11(2)8-13(15)4/h7-8,10,19H,5-6H2,1-4H3,(H,18,20)/b14-10-. The number of hydrogen-bond donors (Lipinski definition) is 2. The predicted molar refractivity (Wildman–Crippen MR) is 81.3 cm³/mol. The molecule has 0 bridgehead atoms. The maximum Gasteiger partial charge on any atom is 0.263 e. The van der Waals surface area contributed by atoms with E-state index in [1.807, 2.05) is 33.8 Å². The van der Waals surface area contributed by atoms with Crippen LogP contribution in [0, 0.1) is 32.1 Å². The van der Waals surface area contributed by atoms with Crippen molar-refractivity contribution < 1.29 is 4.79 Å². The van der Waals surface area contributed by atoms with E-state index in [-0.39, 0.29) is 11.5 Å². The molecule has 0 aliphatic rings. The van der Waals surface area contributed by atoms with Gasteiger partial charge in [-0.05, 0) is 38.3 Å². The van der Waals surface area contributed by atoms with Crippen LogP contribution in [0.2, 0.25) is 0 Å². The van der Waals surface area contributed by atoms with Crippen molar-refractivity contribution >= 4 is 11.6 Å². The van der Waals surface area contributed by atoms with E-state index in [4.69, 9.17) is 5.26 Å². The lowest BCUT2D eigenvalue weighted by Crippen LogP contribution is -2.25. The smallest absolute Gasteiger partial charge is 0.263 e. The molecule has 1 aromatic rings. The maximum absolute atomic E-state index is 11.7. The number of nitriles is 1. The second-order valence-corrected chi connectivity index (χ2v) is 4.84. The Morgan fingerprint density at radius 3 is 2.40 bits per heavy atom. The van der Waals surface area contributed by atoms with Gasteiger partial charge in [0.05, 0.1) is 0 Å². The summed E-state index contributed by atoms with van der Waals surface area (Å²) in [4.78, 5) is 11.7. The van der Waals surface area contributed by atoms with Crippen LogP contribution in [0.5, 0.6) is 0 Å². The fourth-order valence-electron chi connectivity index (χ4n) is 2.03. The number of hydrogen-bond acceptors (Lipinski definition) is 3. The number of nitrogens with zero attached hydrogens (tertiary/aromatic N) is 1. The highest BCUT2D eigenvalue weighted by Gasteiger charge is 2.08. The third kappa shape index (κ3) is 4.13. The van der Waals surface area contributed by atoms with Crippen LogP contribution in [-0.2, 0) is 4.79 Å². The third-order valence-electron chi connectivity index (χ3n) is 2.94. The summed E-state index contributed by atoms with van der Waals surface area (Å²) >= 11 is 0. The highest BCUT2D eigenvalue weighted by molar-refractivity contribution is 5.97. The Bertz CT molecular complexity index is 545. The molecule has 0 saturated carbocycles. The zero-order valence-corrected chi connectivity index (χ0v) is 12.5. The fraction of sp³-hybridized carbons (Fsp3) is 0.375. The van der Waals surface area contributed by atoms with E-state index in [1.54, 1.807) is 0 Å². The van der Waals surface area contributed by atoms with Crippen LogP contribution in [0.15, 0.2) is 23.9 Å². The zero-order valence-electron chi connectivity index (χ0n) is 12.5. The van der Waals surface area contributed by atoms with Gasteiger partial charge in [-0.1, -0.05) is 24.6 Å². The second-order valence-electron chi connectivity index (χ2n) is 4.84. The van der Waals surface area contributed by atoms with Gasteiger partial charge in [0.25, 0.3) is 5.91 Å². The Hall–Kier alpha value is -2.28. The lowest BCUT2D eigenvalue weighted by Gasteiger charge is -2.11. The van der Waals surface area contributed by atoms with Gasteiger partial charge in [0.2, 0.25) is 0 Å². The van der Waals surface area contributed by atoms with E-state index in [0.29, 0.717) is 6.54 Å². The van der Waals surface area contributed by atoms with Crippen molar-refractivity contribution in [2.75, 3.05) is 11.9 Å². The molecule has 0 aliphatic heterocycles. The summed E-state index contributed by atoms with van der Waals surface area (Å²) in [6.45, 7) is 8.57. The van der Waals surface area contributed by atoms with Gasteiger partial charge in [-0.25, -0.2) is 0 Å². The van der Waals surface area contributed by atoms with Crippen LogP contribution in [0.3, 0.4) is 0 Å². The van der Waals surface area contributed by atoms with Gasteiger partial charge in [-0.2, -0.15) is 5.26 Å². The average molecular weight is 271 g/mol. The Labute approximate surface area is 120 Å². The minimum absolute atomic E-state index is 0.0813. The number of anilines is 1. The van der Waals surface area contributed by atoms with Crippen LogP contribution >= 0.6 is 0 Å². The van der Waals surface area contributed by atoms with E-state index in [1.165, 1.54) is 11.8 Å². The molecule has 0 atom stereocenters. The van der Waals surface area contributed by atoms with E-state index >= 15 is 0 Å². The summed E-state index contributed by atoms with van der Waals surface area (Å²) < 4.78 is 0. The largest absolute Gasteiger partial charge is 0.360 e. The highest BCUT2D eigenvalue weighted by atomic mass is 16.1. The molecule has 1 amide bonds. The summed E-state index contributed by atoms with van der Waals surface area (Å²) in [7, 11) is 0. The summed E-state index contributed by atoms with van der Waals surface area (Å²) in [5, 5.41) is 14.8. The molecule has 4 nitrogen and oxygen atoms in total. The normalized spacial score (nSPS) is 10.8.